The summed E-state index contributed by atoms with van der Waals surface area (Å²) in [4.78, 5) is 24.7. The lowest BCUT2D eigenvalue weighted by Crippen LogP contribution is -2.54. The van der Waals surface area contributed by atoms with Gasteiger partial charge in [-0.15, -0.1) is 0 Å². The van der Waals surface area contributed by atoms with Crippen molar-refractivity contribution in [1.82, 2.24) is 19.8 Å². The SMILES string of the molecule is Cc1ccccc1C(=O)N1CCC2(CCN(Cc3cnc[nH]3)CC2)[C@H](CO)C1. The molecule has 6 nitrogen and oxygen atoms in total. The molecule has 1 aromatic heterocycles. The number of piperidine rings is 2. The van der Waals surface area contributed by atoms with Crippen molar-refractivity contribution in [2.75, 3.05) is 32.8 Å². The highest BCUT2D eigenvalue weighted by Gasteiger charge is 2.45. The van der Waals surface area contributed by atoms with Gasteiger partial charge in [0.2, 0.25) is 0 Å². The summed E-state index contributed by atoms with van der Waals surface area (Å²) in [5, 5.41) is 10.1. The standard InChI is InChI=1S/C22H30N4O2/c1-17-4-2-3-5-20(17)21(28)26-11-8-22(18(13-26)15-27)6-9-25(10-7-22)14-19-12-23-16-24-19/h2-5,12,16,18,27H,6-11,13-15H2,1H3,(H,23,24)/t18-/m0/s1. The van der Waals surface area contributed by atoms with E-state index in [1.807, 2.05) is 42.3 Å². The Labute approximate surface area is 166 Å². The van der Waals surface area contributed by atoms with Crippen LogP contribution in [0.25, 0.3) is 0 Å². The van der Waals surface area contributed by atoms with E-state index in [0.29, 0.717) is 6.54 Å². The fourth-order valence-corrected chi connectivity index (χ4v) is 4.96. The van der Waals surface area contributed by atoms with Gasteiger partial charge in [0.1, 0.15) is 0 Å². The third-order valence-corrected chi connectivity index (χ3v) is 6.87. The number of amides is 1. The number of H-pyrrole nitrogens is 1. The molecule has 0 radical (unpaired) electrons. The van der Waals surface area contributed by atoms with E-state index in [1.165, 1.54) is 0 Å². The first kappa shape index (κ1) is 19.2. The number of likely N-dealkylation sites (tertiary alicyclic amines) is 2. The molecule has 6 heteroatoms. The first-order valence-electron chi connectivity index (χ1n) is 10.3. The zero-order valence-corrected chi connectivity index (χ0v) is 16.6. The number of rotatable bonds is 4. The normalized spacial score (nSPS) is 22.5. The molecule has 2 N–H and O–H groups in total. The highest BCUT2D eigenvalue weighted by Crippen LogP contribution is 2.45. The first-order chi connectivity index (χ1) is 13.6. The Bertz CT molecular complexity index is 797. The number of nitrogens with one attached hydrogen (secondary N) is 1. The van der Waals surface area contributed by atoms with Gasteiger partial charge in [-0.3, -0.25) is 9.69 Å². The van der Waals surface area contributed by atoms with Crippen LogP contribution in [-0.4, -0.2) is 63.6 Å². The third kappa shape index (κ3) is 3.71. The summed E-state index contributed by atoms with van der Waals surface area (Å²) in [6.45, 7) is 6.53. The molecule has 1 amide bonds. The van der Waals surface area contributed by atoms with Crippen molar-refractivity contribution < 1.29 is 9.90 Å². The summed E-state index contributed by atoms with van der Waals surface area (Å²) in [5.41, 5.74) is 3.10. The number of carbonyl (C=O) groups excluding carboxylic acids is 1. The molecule has 1 aromatic carbocycles. The topological polar surface area (TPSA) is 72.5 Å². The van der Waals surface area contributed by atoms with Crippen molar-refractivity contribution in [2.45, 2.75) is 32.7 Å². The average Bonchev–Trinajstić information content (AvgIpc) is 3.23. The van der Waals surface area contributed by atoms with E-state index in [2.05, 4.69) is 14.9 Å². The van der Waals surface area contributed by atoms with Crippen LogP contribution >= 0.6 is 0 Å². The number of nitrogens with zero attached hydrogens (tertiary/aromatic N) is 3. The average molecular weight is 383 g/mol. The first-order valence-corrected chi connectivity index (χ1v) is 10.3. The Morgan fingerprint density at radius 1 is 1.25 bits per heavy atom. The van der Waals surface area contributed by atoms with Crippen molar-refractivity contribution in [2.24, 2.45) is 11.3 Å². The molecule has 2 fully saturated rings. The van der Waals surface area contributed by atoms with Crippen LogP contribution in [-0.2, 0) is 6.54 Å². The Morgan fingerprint density at radius 2 is 2.00 bits per heavy atom. The minimum Gasteiger partial charge on any atom is -0.396 e. The fourth-order valence-electron chi connectivity index (χ4n) is 4.96. The third-order valence-electron chi connectivity index (χ3n) is 6.87. The lowest BCUT2D eigenvalue weighted by molar-refractivity contribution is -0.0366. The molecule has 2 aliphatic rings. The van der Waals surface area contributed by atoms with Crippen LogP contribution in [0.4, 0.5) is 0 Å². The fraction of sp³-hybridized carbons (Fsp3) is 0.545. The molecular weight excluding hydrogens is 352 g/mol. The Balaban J connectivity index is 1.40. The van der Waals surface area contributed by atoms with Gasteiger partial charge in [-0.1, -0.05) is 18.2 Å². The molecule has 28 heavy (non-hydrogen) atoms. The van der Waals surface area contributed by atoms with Crippen molar-refractivity contribution in [3.8, 4) is 0 Å². The molecule has 0 unspecified atom stereocenters. The van der Waals surface area contributed by atoms with Gasteiger partial charge >= 0.3 is 0 Å². The number of benzene rings is 1. The lowest BCUT2D eigenvalue weighted by Gasteiger charge is -2.51. The molecule has 3 heterocycles. The highest BCUT2D eigenvalue weighted by atomic mass is 16.3. The number of aromatic nitrogens is 2. The maximum Gasteiger partial charge on any atom is 0.254 e. The largest absolute Gasteiger partial charge is 0.396 e. The molecule has 2 saturated heterocycles. The van der Waals surface area contributed by atoms with Crippen LogP contribution in [0.2, 0.25) is 0 Å². The van der Waals surface area contributed by atoms with Gasteiger partial charge < -0.3 is 15.0 Å². The summed E-state index contributed by atoms with van der Waals surface area (Å²) in [5.74, 6) is 0.256. The maximum absolute atomic E-state index is 13.0. The zero-order chi connectivity index (χ0) is 19.6. The van der Waals surface area contributed by atoms with Crippen LogP contribution in [0, 0.1) is 18.3 Å². The molecule has 1 spiro atoms. The summed E-state index contributed by atoms with van der Waals surface area (Å²) in [7, 11) is 0. The number of aromatic amines is 1. The van der Waals surface area contributed by atoms with E-state index < -0.39 is 0 Å². The van der Waals surface area contributed by atoms with Crippen molar-refractivity contribution in [3.63, 3.8) is 0 Å². The van der Waals surface area contributed by atoms with Crippen LogP contribution in [0.15, 0.2) is 36.8 Å². The summed E-state index contributed by atoms with van der Waals surface area (Å²) < 4.78 is 0. The molecule has 4 rings (SSSR count). The minimum absolute atomic E-state index is 0.100. The molecule has 2 aliphatic heterocycles. The minimum atomic E-state index is 0.100. The second-order valence-electron chi connectivity index (χ2n) is 8.41. The number of carbonyl (C=O) groups is 1. The second kappa shape index (κ2) is 8.05. The quantitative estimate of drug-likeness (QED) is 0.852. The Hall–Kier alpha value is -2.18. The Kier molecular flexibility index (Phi) is 5.51. The predicted molar refractivity (Wildman–Crippen MR) is 108 cm³/mol. The van der Waals surface area contributed by atoms with E-state index >= 15 is 0 Å². The molecule has 0 aliphatic carbocycles. The van der Waals surface area contributed by atoms with Crippen LogP contribution in [0.5, 0.6) is 0 Å². The maximum atomic E-state index is 13.0. The lowest BCUT2D eigenvalue weighted by atomic mass is 9.64. The number of hydrogen-bond acceptors (Lipinski definition) is 4. The van der Waals surface area contributed by atoms with E-state index in [4.69, 9.17) is 0 Å². The van der Waals surface area contributed by atoms with Gasteiger partial charge in [0, 0.05) is 49.6 Å². The molecule has 0 bridgehead atoms. The molecule has 1 atom stereocenters. The number of aliphatic hydroxyl groups excluding tert-OH is 1. The van der Waals surface area contributed by atoms with Gasteiger partial charge in [-0.05, 0) is 56.3 Å². The van der Waals surface area contributed by atoms with Gasteiger partial charge in [0.25, 0.3) is 5.91 Å². The molecule has 0 saturated carbocycles. The number of hydrogen-bond donors (Lipinski definition) is 2. The van der Waals surface area contributed by atoms with E-state index in [9.17, 15) is 9.90 Å². The number of imidazole rings is 1. The number of aryl methyl sites for hydroxylation is 1. The van der Waals surface area contributed by atoms with Crippen LogP contribution in [0.1, 0.15) is 40.9 Å². The summed E-state index contributed by atoms with van der Waals surface area (Å²) >= 11 is 0. The van der Waals surface area contributed by atoms with E-state index in [0.717, 1.165) is 62.3 Å². The smallest absolute Gasteiger partial charge is 0.254 e. The summed E-state index contributed by atoms with van der Waals surface area (Å²) in [6.07, 6.45) is 6.76. The van der Waals surface area contributed by atoms with E-state index in [-0.39, 0.29) is 23.8 Å². The van der Waals surface area contributed by atoms with Gasteiger partial charge in [-0.2, -0.15) is 0 Å². The second-order valence-corrected chi connectivity index (χ2v) is 8.41. The van der Waals surface area contributed by atoms with Crippen molar-refractivity contribution in [1.29, 1.82) is 0 Å². The molecular formula is C22H30N4O2. The Morgan fingerprint density at radius 3 is 2.68 bits per heavy atom. The molecule has 150 valence electrons. The van der Waals surface area contributed by atoms with Crippen LogP contribution in [0.3, 0.4) is 0 Å². The number of aliphatic hydroxyl groups is 1. The monoisotopic (exact) mass is 382 g/mol. The van der Waals surface area contributed by atoms with Gasteiger partial charge in [0.15, 0.2) is 0 Å². The summed E-state index contributed by atoms with van der Waals surface area (Å²) in [6, 6.07) is 7.77. The van der Waals surface area contributed by atoms with Crippen LogP contribution < -0.4 is 0 Å². The zero-order valence-electron chi connectivity index (χ0n) is 16.6. The molecule has 2 aromatic rings. The van der Waals surface area contributed by atoms with Crippen molar-refractivity contribution in [3.05, 3.63) is 53.6 Å². The predicted octanol–water partition coefficient (Wildman–Crippen LogP) is 2.45. The van der Waals surface area contributed by atoms with Crippen molar-refractivity contribution >= 4 is 5.91 Å². The van der Waals surface area contributed by atoms with Gasteiger partial charge in [0.05, 0.1) is 6.33 Å². The van der Waals surface area contributed by atoms with Gasteiger partial charge in [-0.25, -0.2) is 4.98 Å². The van der Waals surface area contributed by atoms with E-state index in [1.54, 1.807) is 6.33 Å². The highest BCUT2D eigenvalue weighted by molar-refractivity contribution is 5.95.